The quantitative estimate of drug-likeness (QED) is 0.539. The van der Waals surface area contributed by atoms with Crippen molar-refractivity contribution < 1.29 is 13.5 Å². The third-order valence-electron chi connectivity index (χ3n) is 3.43. The number of hydrogen-bond donors (Lipinski definition) is 0. The second-order valence-electron chi connectivity index (χ2n) is 5.13. The van der Waals surface area contributed by atoms with Crippen molar-refractivity contribution in [2.45, 2.75) is 6.61 Å². The molecular formula is C17H9BrCl2F2N2O2. The minimum absolute atomic E-state index is 0.0611. The molecule has 0 unspecified atom stereocenters. The van der Waals surface area contributed by atoms with Crippen LogP contribution in [-0.4, -0.2) is 9.78 Å². The number of ether oxygens (including phenoxy) is 1. The molecule has 9 heteroatoms. The number of rotatable bonds is 4. The molecule has 0 aliphatic rings. The molecule has 1 aromatic heterocycles. The maximum Gasteiger partial charge on any atom is 0.289 e. The van der Waals surface area contributed by atoms with Crippen LogP contribution in [0.4, 0.5) is 8.78 Å². The Morgan fingerprint density at radius 1 is 1.15 bits per heavy atom. The van der Waals surface area contributed by atoms with Gasteiger partial charge in [-0.1, -0.05) is 29.3 Å². The van der Waals surface area contributed by atoms with E-state index in [0.29, 0.717) is 0 Å². The van der Waals surface area contributed by atoms with Crippen molar-refractivity contribution in [3.63, 3.8) is 0 Å². The summed E-state index contributed by atoms with van der Waals surface area (Å²) in [4.78, 5) is 12.6. The Hall–Kier alpha value is -1.96. The average Bonchev–Trinajstić information content (AvgIpc) is 2.59. The van der Waals surface area contributed by atoms with Crippen molar-refractivity contribution in [3.05, 3.63) is 84.7 Å². The monoisotopic (exact) mass is 460 g/mol. The Morgan fingerprint density at radius 2 is 1.85 bits per heavy atom. The van der Waals surface area contributed by atoms with Gasteiger partial charge in [0.2, 0.25) is 0 Å². The standard InChI is InChI=1S/C17H9BrCl2F2N2O2/c18-15-14(26-8-9-4-5-10(21)6-13(9)22)7-23-24(17(15)25)16-11(19)2-1-3-12(16)20/h1-7H,8H2. The largest absolute Gasteiger partial charge is 0.486 e. The lowest BCUT2D eigenvalue weighted by Gasteiger charge is -2.12. The number of hydrogen-bond acceptors (Lipinski definition) is 3. The van der Waals surface area contributed by atoms with Gasteiger partial charge in [0.25, 0.3) is 5.56 Å². The highest BCUT2D eigenvalue weighted by atomic mass is 79.9. The van der Waals surface area contributed by atoms with Gasteiger partial charge in [0.05, 0.1) is 16.2 Å². The normalized spacial score (nSPS) is 10.8. The van der Waals surface area contributed by atoms with E-state index in [-0.39, 0.29) is 38.1 Å². The van der Waals surface area contributed by atoms with E-state index in [9.17, 15) is 13.6 Å². The first-order chi connectivity index (χ1) is 12.4. The van der Waals surface area contributed by atoms with Gasteiger partial charge in [-0.05, 0) is 40.2 Å². The van der Waals surface area contributed by atoms with E-state index in [1.165, 1.54) is 12.3 Å². The molecule has 4 nitrogen and oxygen atoms in total. The molecule has 0 N–H and O–H groups in total. The van der Waals surface area contributed by atoms with Crippen LogP contribution in [0.25, 0.3) is 5.69 Å². The molecule has 1 heterocycles. The van der Waals surface area contributed by atoms with Gasteiger partial charge in [-0.2, -0.15) is 9.78 Å². The van der Waals surface area contributed by atoms with Crippen LogP contribution in [-0.2, 0) is 6.61 Å². The van der Waals surface area contributed by atoms with Crippen LogP contribution in [0.15, 0.2) is 51.9 Å². The molecule has 0 spiro atoms. The Kier molecular flexibility index (Phi) is 5.60. The lowest BCUT2D eigenvalue weighted by Crippen LogP contribution is -2.23. The summed E-state index contributed by atoms with van der Waals surface area (Å²) in [5, 5.41) is 4.51. The SMILES string of the molecule is O=c1c(Br)c(OCc2ccc(F)cc2F)cnn1-c1c(Cl)cccc1Cl. The summed E-state index contributed by atoms with van der Waals surface area (Å²) < 4.78 is 33.1. The zero-order valence-electron chi connectivity index (χ0n) is 12.8. The highest BCUT2D eigenvalue weighted by Crippen LogP contribution is 2.28. The zero-order chi connectivity index (χ0) is 18.8. The van der Waals surface area contributed by atoms with Crippen molar-refractivity contribution in [1.29, 1.82) is 0 Å². The molecule has 0 radical (unpaired) electrons. The van der Waals surface area contributed by atoms with Gasteiger partial charge < -0.3 is 4.74 Å². The second-order valence-corrected chi connectivity index (χ2v) is 6.74. The van der Waals surface area contributed by atoms with Gasteiger partial charge in [-0.25, -0.2) is 8.78 Å². The van der Waals surface area contributed by atoms with Crippen LogP contribution in [0.2, 0.25) is 10.0 Å². The summed E-state index contributed by atoms with van der Waals surface area (Å²) in [7, 11) is 0. The first-order valence-corrected chi connectivity index (χ1v) is 8.72. The first-order valence-electron chi connectivity index (χ1n) is 7.17. The minimum atomic E-state index is -0.745. The molecule has 0 amide bonds. The van der Waals surface area contributed by atoms with Crippen molar-refractivity contribution in [2.24, 2.45) is 0 Å². The van der Waals surface area contributed by atoms with Crippen LogP contribution < -0.4 is 10.3 Å². The van der Waals surface area contributed by atoms with E-state index in [2.05, 4.69) is 21.0 Å². The zero-order valence-corrected chi connectivity index (χ0v) is 15.9. The predicted octanol–water partition coefficient (Wildman–Crippen LogP) is 5.16. The van der Waals surface area contributed by atoms with Crippen molar-refractivity contribution in [2.75, 3.05) is 0 Å². The topological polar surface area (TPSA) is 44.1 Å². The molecule has 2 aromatic carbocycles. The number of aromatic nitrogens is 2. The minimum Gasteiger partial charge on any atom is -0.486 e. The van der Waals surface area contributed by atoms with Gasteiger partial charge >= 0.3 is 0 Å². The first kappa shape index (κ1) is 18.8. The van der Waals surface area contributed by atoms with Crippen LogP contribution in [0.3, 0.4) is 0 Å². The van der Waals surface area contributed by atoms with Gasteiger partial charge in [0.15, 0.2) is 5.75 Å². The molecule has 26 heavy (non-hydrogen) atoms. The van der Waals surface area contributed by atoms with Crippen LogP contribution in [0, 0.1) is 11.6 Å². The Labute approximate surface area is 165 Å². The van der Waals surface area contributed by atoms with E-state index < -0.39 is 17.2 Å². The lowest BCUT2D eigenvalue weighted by molar-refractivity contribution is 0.294. The van der Waals surface area contributed by atoms with Crippen molar-refractivity contribution in [3.8, 4) is 11.4 Å². The van der Waals surface area contributed by atoms with Gasteiger partial charge in [0, 0.05) is 11.6 Å². The second kappa shape index (κ2) is 7.73. The lowest BCUT2D eigenvalue weighted by atomic mass is 10.2. The molecule has 0 bridgehead atoms. The molecule has 0 saturated heterocycles. The smallest absolute Gasteiger partial charge is 0.289 e. The van der Waals surface area contributed by atoms with Crippen LogP contribution in [0.5, 0.6) is 5.75 Å². The molecule has 0 fully saturated rings. The fourth-order valence-electron chi connectivity index (χ4n) is 2.16. The van der Waals surface area contributed by atoms with Crippen LogP contribution >= 0.6 is 39.1 Å². The van der Waals surface area contributed by atoms with Crippen molar-refractivity contribution >= 4 is 39.1 Å². The predicted molar refractivity (Wildman–Crippen MR) is 98.2 cm³/mol. The maximum atomic E-state index is 13.7. The third kappa shape index (κ3) is 3.75. The number of halogens is 5. The molecule has 3 rings (SSSR count). The number of nitrogens with zero attached hydrogens (tertiary/aromatic N) is 2. The summed E-state index contributed by atoms with van der Waals surface area (Å²) in [5.74, 6) is -1.34. The molecule has 0 aliphatic heterocycles. The summed E-state index contributed by atoms with van der Waals surface area (Å²) in [5.41, 5.74) is -0.189. The highest BCUT2D eigenvalue weighted by molar-refractivity contribution is 9.10. The molecule has 0 aliphatic carbocycles. The molecule has 0 saturated carbocycles. The van der Waals surface area contributed by atoms with Crippen LogP contribution in [0.1, 0.15) is 5.56 Å². The van der Waals surface area contributed by atoms with Gasteiger partial charge in [-0.15, -0.1) is 0 Å². The highest BCUT2D eigenvalue weighted by Gasteiger charge is 2.16. The van der Waals surface area contributed by atoms with E-state index in [4.69, 9.17) is 27.9 Å². The Morgan fingerprint density at radius 3 is 2.50 bits per heavy atom. The van der Waals surface area contributed by atoms with E-state index in [1.54, 1.807) is 18.2 Å². The van der Waals surface area contributed by atoms with E-state index in [1.807, 2.05) is 0 Å². The molecule has 0 atom stereocenters. The van der Waals surface area contributed by atoms with Gasteiger partial charge in [-0.3, -0.25) is 4.79 Å². The Balaban J connectivity index is 1.92. The van der Waals surface area contributed by atoms with Gasteiger partial charge in [0.1, 0.15) is 28.4 Å². The Bertz CT molecular complexity index is 1020. The number of benzene rings is 2. The average molecular weight is 462 g/mol. The fourth-order valence-corrected chi connectivity index (χ4v) is 3.11. The summed E-state index contributed by atoms with van der Waals surface area (Å²) in [6.45, 7) is -0.206. The summed E-state index contributed by atoms with van der Waals surface area (Å²) >= 11 is 15.3. The third-order valence-corrected chi connectivity index (χ3v) is 4.77. The summed E-state index contributed by atoms with van der Waals surface area (Å²) in [6, 6.07) is 7.93. The number of para-hydroxylation sites is 1. The van der Waals surface area contributed by atoms with Crippen molar-refractivity contribution in [1.82, 2.24) is 9.78 Å². The van der Waals surface area contributed by atoms with E-state index in [0.717, 1.165) is 16.8 Å². The fraction of sp³-hybridized carbons (Fsp3) is 0.0588. The molecule has 3 aromatic rings. The molecular weight excluding hydrogens is 453 g/mol. The summed E-state index contributed by atoms with van der Waals surface area (Å²) in [6.07, 6.45) is 1.27. The van der Waals surface area contributed by atoms with E-state index >= 15 is 0 Å². The molecule has 134 valence electrons. The maximum absolute atomic E-state index is 13.7.